The Morgan fingerprint density at radius 1 is 0.906 bits per heavy atom. The zero-order chi connectivity index (χ0) is 23.4. The summed E-state index contributed by atoms with van der Waals surface area (Å²) in [6, 6.07) is 20.4. The van der Waals surface area contributed by atoms with Crippen molar-refractivity contribution < 1.29 is 22.4 Å². The number of nitrogens with one attached hydrogen (secondary N) is 1. The standard InChI is InChI=1S/C25H32F3NO2Si/c1-24(2,3)32(21-10-6-4-7-11-21,22-12-8-5-9-13-22)31-18-19-14-16-20(17-15-19)29-23(30)25(26,27)28/h4-13,19-20H,14-18H2,1-3H3,(H,29,30). The smallest absolute Gasteiger partial charge is 0.407 e. The van der Waals surface area contributed by atoms with Crippen molar-refractivity contribution in [2.24, 2.45) is 5.92 Å². The molecule has 0 bridgehead atoms. The molecule has 1 aliphatic rings. The van der Waals surface area contributed by atoms with Crippen molar-refractivity contribution in [3.05, 3.63) is 60.7 Å². The van der Waals surface area contributed by atoms with Crippen LogP contribution in [-0.2, 0) is 9.22 Å². The van der Waals surface area contributed by atoms with Gasteiger partial charge in [-0.05, 0) is 47.0 Å². The molecule has 1 amide bonds. The first-order valence-electron chi connectivity index (χ1n) is 11.2. The molecular formula is C25H32F3NO2Si. The Morgan fingerprint density at radius 2 is 1.38 bits per heavy atom. The largest absolute Gasteiger partial charge is 0.471 e. The number of halogens is 3. The van der Waals surface area contributed by atoms with Crippen molar-refractivity contribution >= 4 is 24.6 Å². The summed E-state index contributed by atoms with van der Waals surface area (Å²) in [5, 5.41) is 4.44. The van der Waals surface area contributed by atoms with Gasteiger partial charge in [-0.2, -0.15) is 13.2 Å². The summed E-state index contributed by atoms with van der Waals surface area (Å²) in [7, 11) is -2.62. The predicted molar refractivity (Wildman–Crippen MR) is 124 cm³/mol. The molecule has 1 saturated carbocycles. The van der Waals surface area contributed by atoms with Crippen LogP contribution in [0.5, 0.6) is 0 Å². The molecule has 174 valence electrons. The molecule has 0 unspecified atom stereocenters. The molecule has 0 atom stereocenters. The van der Waals surface area contributed by atoms with E-state index in [4.69, 9.17) is 4.43 Å². The van der Waals surface area contributed by atoms with E-state index in [1.54, 1.807) is 0 Å². The van der Waals surface area contributed by atoms with Gasteiger partial charge in [0.1, 0.15) is 0 Å². The molecule has 1 fully saturated rings. The maximum atomic E-state index is 12.5. The molecule has 0 heterocycles. The number of alkyl halides is 3. The van der Waals surface area contributed by atoms with Crippen LogP contribution in [0.15, 0.2) is 60.7 Å². The topological polar surface area (TPSA) is 38.3 Å². The van der Waals surface area contributed by atoms with E-state index in [2.05, 4.69) is 50.4 Å². The van der Waals surface area contributed by atoms with Gasteiger partial charge in [-0.25, -0.2) is 0 Å². The van der Waals surface area contributed by atoms with Crippen LogP contribution < -0.4 is 15.7 Å². The van der Waals surface area contributed by atoms with Crippen LogP contribution in [0.3, 0.4) is 0 Å². The minimum atomic E-state index is -4.83. The number of carbonyl (C=O) groups excluding carboxylic acids is 1. The highest BCUT2D eigenvalue weighted by molar-refractivity contribution is 6.99. The molecule has 2 aromatic carbocycles. The zero-order valence-corrected chi connectivity index (χ0v) is 19.9. The van der Waals surface area contributed by atoms with Crippen LogP contribution >= 0.6 is 0 Å². The second-order valence-electron chi connectivity index (χ2n) is 9.66. The fourth-order valence-corrected chi connectivity index (χ4v) is 9.39. The van der Waals surface area contributed by atoms with Gasteiger partial charge in [-0.15, -0.1) is 0 Å². The van der Waals surface area contributed by atoms with Crippen LogP contribution in [0, 0.1) is 5.92 Å². The molecule has 32 heavy (non-hydrogen) atoms. The fraction of sp³-hybridized carbons (Fsp3) is 0.480. The van der Waals surface area contributed by atoms with Gasteiger partial charge in [0.15, 0.2) is 0 Å². The maximum Gasteiger partial charge on any atom is 0.471 e. The fourth-order valence-electron chi connectivity index (χ4n) is 4.75. The number of rotatable bonds is 6. The summed E-state index contributed by atoms with van der Waals surface area (Å²) in [5.74, 6) is -1.58. The third kappa shape index (κ3) is 5.43. The van der Waals surface area contributed by atoms with Crippen molar-refractivity contribution in [1.29, 1.82) is 0 Å². The van der Waals surface area contributed by atoms with Gasteiger partial charge in [0, 0.05) is 12.6 Å². The number of amides is 1. The monoisotopic (exact) mass is 463 g/mol. The number of hydrogen-bond acceptors (Lipinski definition) is 2. The van der Waals surface area contributed by atoms with Gasteiger partial charge in [-0.3, -0.25) is 4.79 Å². The summed E-state index contributed by atoms with van der Waals surface area (Å²) in [5.41, 5.74) is 0. The average Bonchev–Trinajstić information content (AvgIpc) is 2.75. The van der Waals surface area contributed by atoms with E-state index in [1.165, 1.54) is 10.4 Å². The lowest BCUT2D eigenvalue weighted by Crippen LogP contribution is -2.67. The molecule has 1 aliphatic carbocycles. The third-order valence-electron chi connectivity index (χ3n) is 6.39. The minimum Gasteiger partial charge on any atom is -0.407 e. The molecule has 1 N–H and O–H groups in total. The molecule has 0 aromatic heterocycles. The Labute approximate surface area is 189 Å². The molecule has 3 rings (SSSR count). The quantitative estimate of drug-likeness (QED) is 0.625. The van der Waals surface area contributed by atoms with Gasteiger partial charge in [0.2, 0.25) is 0 Å². The highest BCUT2D eigenvalue weighted by atomic mass is 28.4. The van der Waals surface area contributed by atoms with Crippen LogP contribution in [0.1, 0.15) is 46.5 Å². The van der Waals surface area contributed by atoms with Crippen molar-refractivity contribution in [2.75, 3.05) is 6.61 Å². The van der Waals surface area contributed by atoms with Crippen LogP contribution in [0.25, 0.3) is 0 Å². The number of benzene rings is 2. The number of hydrogen-bond donors (Lipinski definition) is 1. The van der Waals surface area contributed by atoms with Gasteiger partial charge in [-0.1, -0.05) is 81.4 Å². The Morgan fingerprint density at radius 3 is 1.78 bits per heavy atom. The van der Waals surface area contributed by atoms with Crippen molar-refractivity contribution in [2.45, 2.75) is 63.7 Å². The van der Waals surface area contributed by atoms with E-state index < -0.39 is 26.4 Å². The molecule has 7 heteroatoms. The first-order chi connectivity index (χ1) is 15.0. The first-order valence-corrected chi connectivity index (χ1v) is 13.1. The lowest BCUT2D eigenvalue weighted by Gasteiger charge is -2.44. The number of carbonyl (C=O) groups is 1. The summed E-state index contributed by atoms with van der Waals surface area (Å²) in [6.45, 7) is 7.24. The molecule has 2 aromatic rings. The first kappa shape index (κ1) is 24.5. The second kappa shape index (κ2) is 9.79. The molecular weight excluding hydrogens is 431 g/mol. The summed E-state index contributed by atoms with van der Waals surface area (Å²) < 4.78 is 44.6. The van der Waals surface area contributed by atoms with Crippen LogP contribution in [0.2, 0.25) is 5.04 Å². The Hall–Kier alpha value is -2.12. The normalized spacial score (nSPS) is 20.1. The summed E-state index contributed by atoms with van der Waals surface area (Å²) >= 11 is 0. The SMILES string of the molecule is CC(C)(C)[Si](OCC1CCC(NC(=O)C(F)(F)F)CC1)(c1ccccc1)c1ccccc1. The van der Waals surface area contributed by atoms with E-state index in [9.17, 15) is 18.0 Å². The van der Waals surface area contributed by atoms with Gasteiger partial charge in [0.05, 0.1) is 0 Å². The van der Waals surface area contributed by atoms with Crippen molar-refractivity contribution in [3.63, 3.8) is 0 Å². The summed E-state index contributed by atoms with van der Waals surface area (Å²) in [6.07, 6.45) is -2.28. The molecule has 0 radical (unpaired) electrons. The Bertz CT molecular complexity index is 834. The molecule has 0 spiro atoms. The zero-order valence-electron chi connectivity index (χ0n) is 18.9. The van der Waals surface area contributed by atoms with Crippen molar-refractivity contribution in [1.82, 2.24) is 5.32 Å². The Balaban J connectivity index is 1.76. The van der Waals surface area contributed by atoms with Crippen LogP contribution in [0.4, 0.5) is 13.2 Å². The van der Waals surface area contributed by atoms with E-state index in [0.29, 0.717) is 19.4 Å². The lowest BCUT2D eigenvalue weighted by atomic mass is 9.86. The van der Waals surface area contributed by atoms with Crippen molar-refractivity contribution in [3.8, 4) is 0 Å². The highest BCUT2D eigenvalue weighted by Crippen LogP contribution is 2.38. The third-order valence-corrected chi connectivity index (χ3v) is 11.4. The van der Waals surface area contributed by atoms with Gasteiger partial charge >= 0.3 is 12.1 Å². The predicted octanol–water partition coefficient (Wildman–Crippen LogP) is 4.80. The molecule has 0 aliphatic heterocycles. The van der Waals surface area contributed by atoms with Gasteiger partial charge in [0.25, 0.3) is 8.32 Å². The highest BCUT2D eigenvalue weighted by Gasteiger charge is 2.50. The van der Waals surface area contributed by atoms with E-state index in [-0.39, 0.29) is 11.0 Å². The summed E-state index contributed by atoms with van der Waals surface area (Å²) in [4.78, 5) is 11.2. The Kier molecular flexibility index (Phi) is 7.50. The minimum absolute atomic E-state index is 0.117. The molecule has 0 saturated heterocycles. The second-order valence-corrected chi connectivity index (χ2v) is 14.0. The van der Waals surface area contributed by atoms with Crippen LogP contribution in [-0.4, -0.2) is 33.0 Å². The van der Waals surface area contributed by atoms with Gasteiger partial charge < -0.3 is 9.74 Å². The maximum absolute atomic E-state index is 12.5. The van der Waals surface area contributed by atoms with E-state index in [0.717, 1.165) is 12.8 Å². The van der Waals surface area contributed by atoms with E-state index in [1.807, 2.05) is 36.4 Å². The lowest BCUT2D eigenvalue weighted by molar-refractivity contribution is -0.174. The average molecular weight is 464 g/mol. The van der Waals surface area contributed by atoms with E-state index >= 15 is 0 Å². The molecule has 3 nitrogen and oxygen atoms in total.